The molecule has 0 aromatic heterocycles. The average Bonchev–Trinajstić information content (AvgIpc) is 2.04. The molecule has 0 aliphatic carbocycles. The number of ether oxygens (including phenoxy) is 1. The molecule has 0 rings (SSSR count). The fourth-order valence-electron chi connectivity index (χ4n) is 0.976. The van der Waals surface area contributed by atoms with Gasteiger partial charge in [0, 0.05) is 0 Å². The zero-order valence-electron chi connectivity index (χ0n) is 8.19. The Hall–Kier alpha value is -0.610. The lowest BCUT2D eigenvalue weighted by Gasteiger charge is -2.13. The fraction of sp³-hybridized carbons (Fsp3) is 0.889. The van der Waals surface area contributed by atoms with Crippen LogP contribution in [0.25, 0.3) is 0 Å². The molecule has 0 aromatic rings. The van der Waals surface area contributed by atoms with Crippen LogP contribution in [0.1, 0.15) is 33.1 Å². The van der Waals surface area contributed by atoms with Gasteiger partial charge in [-0.1, -0.05) is 6.92 Å². The molecule has 78 valence electrons. The number of aliphatic hydroxyl groups excluding tert-OH is 2. The summed E-state index contributed by atoms with van der Waals surface area (Å²) in [6.07, 6.45) is -0.557. The summed E-state index contributed by atoms with van der Waals surface area (Å²) >= 11 is 0. The van der Waals surface area contributed by atoms with Gasteiger partial charge in [-0.25, -0.2) is 0 Å². The Morgan fingerprint density at radius 1 is 1.31 bits per heavy atom. The summed E-state index contributed by atoms with van der Waals surface area (Å²) in [4.78, 5) is 10.9. The van der Waals surface area contributed by atoms with Crippen molar-refractivity contribution in [3.05, 3.63) is 0 Å². The molecule has 4 nitrogen and oxygen atoms in total. The molecular formula is C9H18O4. The number of esters is 1. The molecule has 0 heterocycles. The monoisotopic (exact) mass is 190 g/mol. The second kappa shape index (κ2) is 6.86. The highest BCUT2D eigenvalue weighted by atomic mass is 16.5. The second-order valence-electron chi connectivity index (χ2n) is 2.96. The minimum absolute atomic E-state index is 0.0368. The average molecular weight is 190 g/mol. The molecule has 2 N–H and O–H groups in total. The van der Waals surface area contributed by atoms with E-state index in [1.807, 2.05) is 6.92 Å². The van der Waals surface area contributed by atoms with Crippen molar-refractivity contribution < 1.29 is 19.7 Å². The number of carbonyl (C=O) groups excluding carboxylic acids is 1. The lowest BCUT2D eigenvalue weighted by molar-refractivity contribution is -0.145. The van der Waals surface area contributed by atoms with Gasteiger partial charge in [0.15, 0.2) is 0 Å². The van der Waals surface area contributed by atoms with Crippen LogP contribution in [-0.2, 0) is 9.53 Å². The number of hydrogen-bond donors (Lipinski definition) is 2. The van der Waals surface area contributed by atoms with Gasteiger partial charge in [0.05, 0.1) is 25.2 Å². The first-order valence-corrected chi connectivity index (χ1v) is 4.61. The Balaban J connectivity index is 3.60. The van der Waals surface area contributed by atoms with Crippen molar-refractivity contribution in [2.75, 3.05) is 6.61 Å². The first kappa shape index (κ1) is 12.4. The van der Waals surface area contributed by atoms with Crippen LogP contribution in [0.2, 0.25) is 0 Å². The number of aliphatic hydroxyl groups is 2. The topological polar surface area (TPSA) is 66.8 Å². The van der Waals surface area contributed by atoms with Crippen LogP contribution in [0.15, 0.2) is 0 Å². The van der Waals surface area contributed by atoms with E-state index in [0.29, 0.717) is 13.0 Å². The van der Waals surface area contributed by atoms with Crippen LogP contribution in [0, 0.1) is 0 Å². The summed E-state index contributed by atoms with van der Waals surface area (Å²) < 4.78 is 4.65. The van der Waals surface area contributed by atoms with E-state index in [2.05, 4.69) is 4.74 Å². The van der Waals surface area contributed by atoms with Crippen molar-refractivity contribution in [3.8, 4) is 0 Å². The van der Waals surface area contributed by atoms with Crippen LogP contribution in [-0.4, -0.2) is 35.0 Å². The van der Waals surface area contributed by atoms with Crippen molar-refractivity contribution in [2.45, 2.75) is 45.3 Å². The summed E-state index contributed by atoms with van der Waals surface area (Å²) in [5.41, 5.74) is 0. The van der Waals surface area contributed by atoms with Gasteiger partial charge in [0.1, 0.15) is 0 Å². The summed E-state index contributed by atoms with van der Waals surface area (Å²) in [5, 5.41) is 18.4. The van der Waals surface area contributed by atoms with Crippen LogP contribution >= 0.6 is 0 Å². The maximum Gasteiger partial charge on any atom is 0.308 e. The quantitative estimate of drug-likeness (QED) is 0.597. The second-order valence-corrected chi connectivity index (χ2v) is 2.96. The zero-order chi connectivity index (χ0) is 10.3. The van der Waals surface area contributed by atoms with Crippen LogP contribution < -0.4 is 0 Å². The maximum absolute atomic E-state index is 10.9. The van der Waals surface area contributed by atoms with Gasteiger partial charge < -0.3 is 14.9 Å². The van der Waals surface area contributed by atoms with Crippen LogP contribution in [0.5, 0.6) is 0 Å². The standard InChI is InChI=1S/C9H18O4/c1-3-7(10)5-8(11)6-9(12)13-4-2/h7-8,10-11H,3-6H2,1-2H3/t7-,8-/m1/s1. The SMILES string of the molecule is CCOC(=O)C[C@H](O)C[C@H](O)CC. The van der Waals surface area contributed by atoms with Crippen molar-refractivity contribution in [1.29, 1.82) is 0 Å². The molecule has 0 fully saturated rings. The normalized spacial score (nSPS) is 15.1. The molecule has 0 aromatic carbocycles. The van der Waals surface area contributed by atoms with Gasteiger partial charge in [-0.15, -0.1) is 0 Å². The molecule has 13 heavy (non-hydrogen) atoms. The minimum Gasteiger partial charge on any atom is -0.466 e. The highest BCUT2D eigenvalue weighted by molar-refractivity contribution is 5.69. The largest absolute Gasteiger partial charge is 0.466 e. The van der Waals surface area contributed by atoms with E-state index in [1.54, 1.807) is 6.92 Å². The third kappa shape index (κ3) is 6.54. The molecule has 0 unspecified atom stereocenters. The highest BCUT2D eigenvalue weighted by Crippen LogP contribution is 2.06. The fourth-order valence-corrected chi connectivity index (χ4v) is 0.976. The zero-order valence-corrected chi connectivity index (χ0v) is 8.19. The Kier molecular flexibility index (Phi) is 6.54. The molecular weight excluding hydrogens is 172 g/mol. The van der Waals surface area contributed by atoms with E-state index in [4.69, 9.17) is 5.11 Å². The van der Waals surface area contributed by atoms with E-state index >= 15 is 0 Å². The number of rotatable bonds is 6. The van der Waals surface area contributed by atoms with Crippen LogP contribution in [0.4, 0.5) is 0 Å². The van der Waals surface area contributed by atoms with Gasteiger partial charge in [-0.3, -0.25) is 4.79 Å². The predicted molar refractivity (Wildman–Crippen MR) is 48.2 cm³/mol. The van der Waals surface area contributed by atoms with Gasteiger partial charge in [-0.05, 0) is 19.8 Å². The molecule has 0 aliphatic heterocycles. The van der Waals surface area contributed by atoms with E-state index in [-0.39, 0.29) is 12.8 Å². The molecule has 0 radical (unpaired) electrons. The number of carbonyl (C=O) groups is 1. The van der Waals surface area contributed by atoms with Gasteiger partial charge in [-0.2, -0.15) is 0 Å². The van der Waals surface area contributed by atoms with Crippen molar-refractivity contribution in [2.24, 2.45) is 0 Å². The molecule has 2 atom stereocenters. The summed E-state index contributed by atoms with van der Waals surface area (Å²) in [6, 6.07) is 0. The van der Waals surface area contributed by atoms with Crippen molar-refractivity contribution in [3.63, 3.8) is 0 Å². The molecule has 0 saturated heterocycles. The smallest absolute Gasteiger partial charge is 0.308 e. The Labute approximate surface area is 78.5 Å². The maximum atomic E-state index is 10.9. The first-order chi connectivity index (χ1) is 6.10. The lowest BCUT2D eigenvalue weighted by Crippen LogP contribution is -2.21. The molecule has 0 aliphatic rings. The molecule has 0 amide bonds. The summed E-state index contributed by atoms with van der Waals surface area (Å²) in [6.45, 7) is 3.86. The predicted octanol–water partition coefficient (Wildman–Crippen LogP) is 0.461. The Morgan fingerprint density at radius 3 is 2.38 bits per heavy atom. The summed E-state index contributed by atoms with van der Waals surface area (Å²) in [7, 11) is 0. The lowest BCUT2D eigenvalue weighted by atomic mass is 10.1. The van der Waals surface area contributed by atoms with E-state index in [0.717, 1.165) is 0 Å². The molecule has 0 saturated carbocycles. The van der Waals surface area contributed by atoms with Gasteiger partial charge in [0.25, 0.3) is 0 Å². The number of hydrogen-bond acceptors (Lipinski definition) is 4. The van der Waals surface area contributed by atoms with Crippen LogP contribution in [0.3, 0.4) is 0 Å². The molecule has 4 heteroatoms. The molecule has 0 bridgehead atoms. The minimum atomic E-state index is -0.797. The summed E-state index contributed by atoms with van der Waals surface area (Å²) in [5.74, 6) is -0.418. The van der Waals surface area contributed by atoms with Gasteiger partial charge in [0.2, 0.25) is 0 Å². The van der Waals surface area contributed by atoms with E-state index < -0.39 is 18.2 Å². The van der Waals surface area contributed by atoms with E-state index in [1.165, 1.54) is 0 Å². The first-order valence-electron chi connectivity index (χ1n) is 4.61. The van der Waals surface area contributed by atoms with Crippen molar-refractivity contribution in [1.82, 2.24) is 0 Å². The molecule has 0 spiro atoms. The van der Waals surface area contributed by atoms with Gasteiger partial charge >= 0.3 is 5.97 Å². The third-order valence-corrected chi connectivity index (χ3v) is 1.72. The Morgan fingerprint density at radius 2 is 1.92 bits per heavy atom. The highest BCUT2D eigenvalue weighted by Gasteiger charge is 2.14. The van der Waals surface area contributed by atoms with E-state index in [9.17, 15) is 9.90 Å². The Bertz CT molecular complexity index is 147. The van der Waals surface area contributed by atoms with Crippen molar-refractivity contribution >= 4 is 5.97 Å². The third-order valence-electron chi connectivity index (χ3n) is 1.72.